The van der Waals surface area contributed by atoms with E-state index in [1.807, 2.05) is 45.6 Å². The van der Waals surface area contributed by atoms with Gasteiger partial charge in [-0.1, -0.05) is 6.07 Å². The molecule has 0 saturated carbocycles. The van der Waals surface area contributed by atoms with Crippen LogP contribution in [0.15, 0.2) is 30.9 Å². The molecule has 0 radical (unpaired) electrons. The number of hydrogen-bond acceptors (Lipinski definition) is 3. The Hall–Kier alpha value is -1.68. The van der Waals surface area contributed by atoms with Gasteiger partial charge in [0.15, 0.2) is 0 Å². The maximum atomic E-state index is 6.10. The summed E-state index contributed by atoms with van der Waals surface area (Å²) in [5.74, 6) is 0. The van der Waals surface area contributed by atoms with Crippen molar-refractivity contribution in [3.63, 3.8) is 0 Å². The monoisotopic (exact) mass is 230 g/mol. The van der Waals surface area contributed by atoms with Crippen LogP contribution in [-0.4, -0.2) is 14.5 Å². The lowest BCUT2D eigenvalue weighted by Gasteiger charge is -2.20. The summed E-state index contributed by atoms with van der Waals surface area (Å²) in [6.45, 7) is 6.69. The van der Waals surface area contributed by atoms with E-state index in [2.05, 4.69) is 20.6 Å². The van der Waals surface area contributed by atoms with Crippen LogP contribution in [-0.2, 0) is 12.1 Å². The van der Waals surface area contributed by atoms with E-state index < -0.39 is 0 Å². The Kier molecular flexibility index (Phi) is 2.98. The maximum Gasteiger partial charge on any atom is 0.0951 e. The number of rotatable bonds is 3. The lowest BCUT2D eigenvalue weighted by Crippen LogP contribution is -2.31. The third-order valence-electron chi connectivity index (χ3n) is 2.70. The van der Waals surface area contributed by atoms with Gasteiger partial charge in [0.25, 0.3) is 0 Å². The fourth-order valence-electron chi connectivity index (χ4n) is 1.77. The van der Waals surface area contributed by atoms with Gasteiger partial charge in [-0.2, -0.15) is 0 Å². The van der Waals surface area contributed by atoms with Crippen LogP contribution in [0.5, 0.6) is 0 Å². The fourth-order valence-corrected chi connectivity index (χ4v) is 1.77. The van der Waals surface area contributed by atoms with E-state index in [1.54, 1.807) is 0 Å². The summed E-state index contributed by atoms with van der Waals surface area (Å²) in [7, 11) is 0. The second-order valence-corrected chi connectivity index (χ2v) is 4.94. The summed E-state index contributed by atoms with van der Waals surface area (Å²) < 4.78 is 2.06. The topological polar surface area (TPSA) is 56.7 Å². The summed E-state index contributed by atoms with van der Waals surface area (Å²) >= 11 is 0. The highest BCUT2D eigenvalue weighted by Gasteiger charge is 2.18. The molecule has 0 bridgehead atoms. The Labute approximate surface area is 102 Å². The third-order valence-corrected chi connectivity index (χ3v) is 2.70. The van der Waals surface area contributed by atoms with Crippen molar-refractivity contribution < 1.29 is 0 Å². The smallest absolute Gasteiger partial charge is 0.0951 e. The lowest BCUT2D eigenvalue weighted by molar-refractivity contribution is 0.503. The van der Waals surface area contributed by atoms with E-state index in [1.165, 1.54) is 0 Å². The lowest BCUT2D eigenvalue weighted by atomic mass is 10.0. The van der Waals surface area contributed by atoms with E-state index >= 15 is 0 Å². The highest BCUT2D eigenvalue weighted by Crippen LogP contribution is 2.17. The van der Waals surface area contributed by atoms with Gasteiger partial charge < -0.3 is 10.3 Å². The van der Waals surface area contributed by atoms with Crippen LogP contribution < -0.4 is 5.73 Å². The molecule has 2 rings (SSSR count). The molecule has 2 heterocycles. The van der Waals surface area contributed by atoms with Crippen molar-refractivity contribution in [3.8, 4) is 0 Å². The van der Waals surface area contributed by atoms with Gasteiger partial charge in [0.1, 0.15) is 0 Å². The van der Waals surface area contributed by atoms with Crippen molar-refractivity contribution in [3.05, 3.63) is 47.8 Å². The minimum atomic E-state index is -0.380. The molecule has 2 N–H and O–H groups in total. The van der Waals surface area contributed by atoms with E-state index in [4.69, 9.17) is 5.73 Å². The molecule has 0 aromatic carbocycles. The van der Waals surface area contributed by atoms with Crippen molar-refractivity contribution in [1.29, 1.82) is 0 Å². The average molecular weight is 230 g/mol. The first-order valence-corrected chi connectivity index (χ1v) is 5.68. The molecule has 17 heavy (non-hydrogen) atoms. The normalized spacial score (nSPS) is 11.8. The number of imidazole rings is 1. The van der Waals surface area contributed by atoms with E-state index in [0.717, 1.165) is 23.5 Å². The summed E-state index contributed by atoms with van der Waals surface area (Å²) in [6.07, 6.45) is 5.52. The molecule has 90 valence electrons. The Morgan fingerprint density at radius 3 is 2.65 bits per heavy atom. The molecule has 4 heteroatoms. The number of aromatic nitrogens is 3. The summed E-state index contributed by atoms with van der Waals surface area (Å²) in [5.41, 5.74) is 8.93. The quantitative estimate of drug-likeness (QED) is 0.875. The highest BCUT2D eigenvalue weighted by atomic mass is 15.1. The van der Waals surface area contributed by atoms with Gasteiger partial charge in [-0.25, -0.2) is 4.98 Å². The molecule has 0 fully saturated rings. The fraction of sp³-hybridized carbons (Fsp3) is 0.385. The summed E-state index contributed by atoms with van der Waals surface area (Å²) in [4.78, 5) is 8.45. The molecule has 2 aromatic rings. The number of nitrogens with two attached hydrogens (primary N) is 1. The first-order valence-electron chi connectivity index (χ1n) is 5.68. The van der Waals surface area contributed by atoms with Crippen LogP contribution in [0.3, 0.4) is 0 Å². The Morgan fingerprint density at radius 2 is 2.06 bits per heavy atom. The molecular formula is C13H18N4. The first-order chi connectivity index (χ1) is 7.97. The van der Waals surface area contributed by atoms with Gasteiger partial charge in [-0.3, -0.25) is 4.98 Å². The minimum Gasteiger partial charge on any atom is -0.328 e. The van der Waals surface area contributed by atoms with Gasteiger partial charge in [0, 0.05) is 18.1 Å². The molecule has 0 saturated heterocycles. The zero-order valence-electron chi connectivity index (χ0n) is 10.5. The Bertz CT molecular complexity index is 491. The number of aryl methyl sites for hydroxylation is 1. The molecule has 0 unspecified atom stereocenters. The first kappa shape index (κ1) is 11.8. The molecule has 0 aliphatic rings. The van der Waals surface area contributed by atoms with Crippen LogP contribution in [0.25, 0.3) is 0 Å². The van der Waals surface area contributed by atoms with Crippen molar-refractivity contribution in [1.82, 2.24) is 14.5 Å². The molecule has 0 amide bonds. The van der Waals surface area contributed by atoms with Crippen molar-refractivity contribution in [2.75, 3.05) is 0 Å². The highest BCUT2D eigenvalue weighted by molar-refractivity contribution is 5.17. The molecule has 2 aromatic heterocycles. The largest absolute Gasteiger partial charge is 0.328 e. The van der Waals surface area contributed by atoms with Crippen LogP contribution in [0, 0.1) is 6.92 Å². The van der Waals surface area contributed by atoms with E-state index in [9.17, 15) is 0 Å². The minimum absolute atomic E-state index is 0.380. The average Bonchev–Trinajstić information content (AvgIpc) is 2.69. The summed E-state index contributed by atoms with van der Waals surface area (Å²) in [5, 5.41) is 0. The van der Waals surface area contributed by atoms with Gasteiger partial charge in [-0.05, 0) is 32.4 Å². The predicted octanol–water partition coefficient (Wildman–Crippen LogP) is 1.83. The van der Waals surface area contributed by atoms with E-state index in [0.29, 0.717) is 0 Å². The SMILES string of the molecule is Cc1ccc(Cn2cncc2C(C)(C)N)cn1. The molecule has 0 aliphatic heterocycles. The Morgan fingerprint density at radius 1 is 1.29 bits per heavy atom. The predicted molar refractivity (Wildman–Crippen MR) is 67.5 cm³/mol. The molecule has 0 aliphatic carbocycles. The van der Waals surface area contributed by atoms with E-state index in [-0.39, 0.29) is 5.54 Å². The Balaban J connectivity index is 2.25. The van der Waals surface area contributed by atoms with Crippen LogP contribution in [0.2, 0.25) is 0 Å². The van der Waals surface area contributed by atoms with Crippen molar-refractivity contribution in [2.24, 2.45) is 5.73 Å². The molecule has 4 nitrogen and oxygen atoms in total. The number of hydrogen-bond donors (Lipinski definition) is 1. The van der Waals surface area contributed by atoms with Gasteiger partial charge in [0.05, 0.1) is 24.1 Å². The number of pyridine rings is 1. The van der Waals surface area contributed by atoms with Crippen LogP contribution in [0.4, 0.5) is 0 Å². The third kappa shape index (κ3) is 2.71. The number of nitrogens with zero attached hydrogens (tertiary/aromatic N) is 3. The summed E-state index contributed by atoms with van der Waals surface area (Å²) in [6, 6.07) is 4.09. The maximum absolute atomic E-state index is 6.10. The van der Waals surface area contributed by atoms with Crippen molar-refractivity contribution >= 4 is 0 Å². The second kappa shape index (κ2) is 4.30. The van der Waals surface area contributed by atoms with Crippen LogP contribution >= 0.6 is 0 Å². The molecule has 0 atom stereocenters. The zero-order valence-corrected chi connectivity index (χ0v) is 10.5. The molecule has 0 spiro atoms. The standard InChI is InChI=1S/C13H18N4/c1-10-4-5-11(6-16-10)8-17-9-15-7-12(17)13(2,3)14/h4-7,9H,8,14H2,1-3H3. The van der Waals surface area contributed by atoms with Gasteiger partial charge >= 0.3 is 0 Å². The van der Waals surface area contributed by atoms with Gasteiger partial charge in [-0.15, -0.1) is 0 Å². The van der Waals surface area contributed by atoms with Gasteiger partial charge in [0.2, 0.25) is 0 Å². The molecular weight excluding hydrogens is 212 g/mol. The second-order valence-electron chi connectivity index (χ2n) is 4.94. The zero-order chi connectivity index (χ0) is 12.5. The van der Waals surface area contributed by atoms with Crippen LogP contribution in [0.1, 0.15) is 30.8 Å². The van der Waals surface area contributed by atoms with Crippen molar-refractivity contribution in [2.45, 2.75) is 32.9 Å².